The molecule has 1 aliphatic rings. The SMILES string of the molecule is O=C(/C=C/c1cccc(Cl)c1)OC[C@H]1CN(Cc2ccccc2)CCO1. The fourth-order valence-electron chi connectivity index (χ4n) is 2.86. The molecule has 0 aliphatic carbocycles. The lowest BCUT2D eigenvalue weighted by molar-refractivity contribution is -0.144. The maximum absolute atomic E-state index is 11.9. The predicted molar refractivity (Wildman–Crippen MR) is 103 cm³/mol. The summed E-state index contributed by atoms with van der Waals surface area (Å²) < 4.78 is 11.0. The molecule has 1 fully saturated rings. The molecule has 136 valence electrons. The number of carbonyl (C=O) groups excluding carboxylic acids is 1. The third-order valence-electron chi connectivity index (χ3n) is 4.14. The average Bonchev–Trinajstić information content (AvgIpc) is 2.66. The van der Waals surface area contributed by atoms with Crippen molar-refractivity contribution in [1.29, 1.82) is 0 Å². The molecule has 1 saturated heterocycles. The van der Waals surface area contributed by atoms with Gasteiger partial charge in [0.2, 0.25) is 0 Å². The Morgan fingerprint density at radius 1 is 1.23 bits per heavy atom. The average molecular weight is 372 g/mol. The standard InChI is InChI=1S/C21H22ClNO3/c22-19-8-4-7-17(13-19)9-10-21(24)26-16-20-15-23(11-12-25-20)14-18-5-2-1-3-6-18/h1-10,13,20H,11-12,14-16H2/b10-9+/t20-/m1/s1. The Kier molecular flexibility index (Phi) is 6.83. The predicted octanol–water partition coefficient (Wildman–Crippen LogP) is 3.80. The van der Waals surface area contributed by atoms with Gasteiger partial charge < -0.3 is 9.47 Å². The maximum atomic E-state index is 11.9. The molecule has 0 N–H and O–H groups in total. The van der Waals surface area contributed by atoms with Crippen LogP contribution in [0.25, 0.3) is 6.08 Å². The number of morpholine rings is 1. The topological polar surface area (TPSA) is 38.8 Å². The van der Waals surface area contributed by atoms with Gasteiger partial charge in [0.25, 0.3) is 0 Å². The normalized spacial score (nSPS) is 18.1. The fraction of sp³-hybridized carbons (Fsp3) is 0.286. The summed E-state index contributed by atoms with van der Waals surface area (Å²) in [4.78, 5) is 14.2. The van der Waals surface area contributed by atoms with E-state index in [0.717, 1.165) is 25.2 Å². The largest absolute Gasteiger partial charge is 0.460 e. The molecule has 0 spiro atoms. The summed E-state index contributed by atoms with van der Waals surface area (Å²) in [5.74, 6) is -0.381. The zero-order chi connectivity index (χ0) is 18.2. The van der Waals surface area contributed by atoms with Gasteiger partial charge in [0, 0.05) is 30.7 Å². The third kappa shape index (κ3) is 5.99. The Hall–Kier alpha value is -2.14. The van der Waals surface area contributed by atoms with E-state index in [0.29, 0.717) is 11.6 Å². The van der Waals surface area contributed by atoms with E-state index in [9.17, 15) is 4.79 Å². The number of esters is 1. The van der Waals surface area contributed by atoms with Crippen molar-refractivity contribution in [1.82, 2.24) is 4.90 Å². The van der Waals surface area contributed by atoms with Crippen LogP contribution in [0.15, 0.2) is 60.7 Å². The lowest BCUT2D eigenvalue weighted by atomic mass is 10.2. The molecule has 0 radical (unpaired) electrons. The van der Waals surface area contributed by atoms with Gasteiger partial charge in [-0.25, -0.2) is 4.79 Å². The molecule has 4 nitrogen and oxygen atoms in total. The van der Waals surface area contributed by atoms with E-state index in [-0.39, 0.29) is 18.7 Å². The number of rotatable bonds is 6. The van der Waals surface area contributed by atoms with Crippen LogP contribution in [0, 0.1) is 0 Å². The zero-order valence-electron chi connectivity index (χ0n) is 14.5. The number of carbonyl (C=O) groups is 1. The zero-order valence-corrected chi connectivity index (χ0v) is 15.3. The van der Waals surface area contributed by atoms with Crippen molar-refractivity contribution in [2.24, 2.45) is 0 Å². The number of halogens is 1. The van der Waals surface area contributed by atoms with Gasteiger partial charge >= 0.3 is 5.97 Å². The smallest absolute Gasteiger partial charge is 0.330 e. The van der Waals surface area contributed by atoms with Gasteiger partial charge in [0.1, 0.15) is 12.7 Å². The molecule has 0 unspecified atom stereocenters. The Bertz CT molecular complexity index is 748. The highest BCUT2D eigenvalue weighted by Gasteiger charge is 2.21. The lowest BCUT2D eigenvalue weighted by Gasteiger charge is -2.32. The second-order valence-corrected chi connectivity index (χ2v) is 6.67. The highest BCUT2D eigenvalue weighted by molar-refractivity contribution is 6.30. The Balaban J connectivity index is 1.44. The summed E-state index contributed by atoms with van der Waals surface area (Å²) in [6, 6.07) is 17.6. The molecule has 1 heterocycles. The van der Waals surface area contributed by atoms with Crippen LogP contribution >= 0.6 is 11.6 Å². The van der Waals surface area contributed by atoms with E-state index in [1.54, 1.807) is 18.2 Å². The maximum Gasteiger partial charge on any atom is 0.330 e. The minimum atomic E-state index is -0.381. The van der Waals surface area contributed by atoms with Gasteiger partial charge in [-0.2, -0.15) is 0 Å². The second kappa shape index (κ2) is 9.53. The Morgan fingerprint density at radius 3 is 2.88 bits per heavy atom. The molecule has 0 saturated carbocycles. The van der Waals surface area contributed by atoms with Crippen molar-refractivity contribution in [3.63, 3.8) is 0 Å². The molecule has 2 aromatic carbocycles. The number of ether oxygens (including phenoxy) is 2. The number of benzene rings is 2. The summed E-state index contributed by atoms with van der Waals surface area (Å²) in [6.07, 6.45) is 3.00. The third-order valence-corrected chi connectivity index (χ3v) is 4.38. The first kappa shape index (κ1) is 18.6. The molecule has 0 amide bonds. The Morgan fingerprint density at radius 2 is 2.08 bits per heavy atom. The summed E-state index contributed by atoms with van der Waals surface area (Å²) in [5.41, 5.74) is 2.13. The molecular weight excluding hydrogens is 350 g/mol. The van der Waals surface area contributed by atoms with Crippen LogP contribution in [0.2, 0.25) is 5.02 Å². The lowest BCUT2D eigenvalue weighted by Crippen LogP contribution is -2.44. The van der Waals surface area contributed by atoms with E-state index in [1.165, 1.54) is 11.6 Å². The van der Waals surface area contributed by atoms with Crippen LogP contribution in [-0.2, 0) is 20.8 Å². The van der Waals surface area contributed by atoms with E-state index < -0.39 is 0 Å². The van der Waals surface area contributed by atoms with Crippen LogP contribution in [-0.4, -0.2) is 43.3 Å². The monoisotopic (exact) mass is 371 g/mol. The molecule has 2 aromatic rings. The van der Waals surface area contributed by atoms with Crippen LogP contribution in [0.1, 0.15) is 11.1 Å². The Labute approximate surface area is 159 Å². The van der Waals surface area contributed by atoms with Crippen molar-refractivity contribution in [3.05, 3.63) is 76.8 Å². The van der Waals surface area contributed by atoms with Gasteiger partial charge in [0.15, 0.2) is 0 Å². The van der Waals surface area contributed by atoms with Gasteiger partial charge in [-0.3, -0.25) is 4.90 Å². The molecule has 5 heteroatoms. The van der Waals surface area contributed by atoms with Crippen molar-refractivity contribution < 1.29 is 14.3 Å². The van der Waals surface area contributed by atoms with Crippen LogP contribution in [0.5, 0.6) is 0 Å². The summed E-state index contributed by atoms with van der Waals surface area (Å²) in [6.45, 7) is 3.41. The summed E-state index contributed by atoms with van der Waals surface area (Å²) in [7, 11) is 0. The van der Waals surface area contributed by atoms with Gasteiger partial charge in [0.05, 0.1) is 6.61 Å². The molecule has 26 heavy (non-hydrogen) atoms. The van der Waals surface area contributed by atoms with Crippen molar-refractivity contribution in [3.8, 4) is 0 Å². The van der Waals surface area contributed by atoms with E-state index in [4.69, 9.17) is 21.1 Å². The molecular formula is C21H22ClNO3. The second-order valence-electron chi connectivity index (χ2n) is 6.23. The summed E-state index contributed by atoms with van der Waals surface area (Å²) in [5, 5.41) is 0.634. The molecule has 1 atom stereocenters. The number of hydrogen-bond donors (Lipinski definition) is 0. The quantitative estimate of drug-likeness (QED) is 0.572. The minimum Gasteiger partial charge on any atom is -0.460 e. The van der Waals surface area contributed by atoms with E-state index in [2.05, 4.69) is 17.0 Å². The molecule has 3 rings (SSSR count). The van der Waals surface area contributed by atoms with Crippen LogP contribution in [0.4, 0.5) is 0 Å². The van der Waals surface area contributed by atoms with Gasteiger partial charge in [-0.1, -0.05) is 54.1 Å². The first-order valence-corrected chi connectivity index (χ1v) is 9.05. The molecule has 0 bridgehead atoms. The van der Waals surface area contributed by atoms with Gasteiger partial charge in [-0.15, -0.1) is 0 Å². The molecule has 1 aliphatic heterocycles. The first-order chi connectivity index (χ1) is 12.7. The summed E-state index contributed by atoms with van der Waals surface area (Å²) >= 11 is 5.92. The first-order valence-electron chi connectivity index (χ1n) is 8.67. The number of hydrogen-bond acceptors (Lipinski definition) is 4. The van der Waals surface area contributed by atoms with E-state index >= 15 is 0 Å². The minimum absolute atomic E-state index is 0.101. The van der Waals surface area contributed by atoms with E-state index in [1.807, 2.05) is 30.3 Å². The number of nitrogens with zero attached hydrogens (tertiary/aromatic N) is 1. The van der Waals surface area contributed by atoms with Crippen molar-refractivity contribution >= 4 is 23.6 Å². The fourth-order valence-corrected chi connectivity index (χ4v) is 3.06. The molecule has 0 aromatic heterocycles. The van der Waals surface area contributed by atoms with Crippen molar-refractivity contribution in [2.45, 2.75) is 12.6 Å². The highest BCUT2D eigenvalue weighted by atomic mass is 35.5. The van der Waals surface area contributed by atoms with Crippen LogP contribution in [0.3, 0.4) is 0 Å². The van der Waals surface area contributed by atoms with Gasteiger partial charge in [-0.05, 0) is 29.3 Å². The van der Waals surface area contributed by atoms with Crippen molar-refractivity contribution in [2.75, 3.05) is 26.3 Å². The highest BCUT2D eigenvalue weighted by Crippen LogP contribution is 2.13. The van der Waals surface area contributed by atoms with Crippen LogP contribution < -0.4 is 0 Å².